The molecule has 13 heteroatoms. The lowest BCUT2D eigenvalue weighted by molar-refractivity contribution is -0.123. The first kappa shape index (κ1) is 35.5. The van der Waals surface area contributed by atoms with E-state index < -0.39 is 41.2 Å². The van der Waals surface area contributed by atoms with E-state index in [-0.39, 0.29) is 29.3 Å². The molecule has 2 aromatic carbocycles. The van der Waals surface area contributed by atoms with Gasteiger partial charge in [0.1, 0.15) is 17.4 Å². The number of ether oxygens (including phenoxy) is 1. The van der Waals surface area contributed by atoms with E-state index in [2.05, 4.69) is 26.2 Å². The molecule has 0 bridgehead atoms. The second-order valence-corrected chi connectivity index (χ2v) is 12.3. The summed E-state index contributed by atoms with van der Waals surface area (Å²) in [5.41, 5.74) is 5.89. The third kappa shape index (κ3) is 11.2. The Hall–Kier alpha value is -3.97. The third-order valence-corrected chi connectivity index (χ3v) is 7.52. The Morgan fingerprint density at radius 2 is 1.76 bits per heavy atom. The molecule has 1 atom stereocenters. The molecule has 1 aliphatic rings. The Morgan fingerprint density at radius 3 is 2.40 bits per heavy atom. The highest BCUT2D eigenvalue weighted by Crippen LogP contribution is 2.26. The highest BCUT2D eigenvalue weighted by Gasteiger charge is 2.27. The number of halogens is 2. The third-order valence-electron chi connectivity index (χ3n) is 7.52. The standard InChI is InChI=1S/C32H46F2N6O5/c1-32(2,3)45-31(44)39-26-17-24(34)23(33)16-22(26)29(42)38-25(7-5-6-12-35)30(43)37-18-20-10-13-40(14-11-20)19-21-8-9-28(41)27(15-21)36-4/h8-9,15-17,20,25,36,41H,5-7,10-14,18-19,35H2,1-4H3,(H,37,43)(H,38,42)(H,39,44)/t25-/m0/s1. The van der Waals surface area contributed by atoms with Gasteiger partial charge in [-0.15, -0.1) is 0 Å². The molecule has 3 amide bonds. The van der Waals surface area contributed by atoms with Crippen LogP contribution in [0.4, 0.5) is 25.0 Å². The molecule has 7 N–H and O–H groups in total. The van der Waals surface area contributed by atoms with E-state index in [1.165, 1.54) is 0 Å². The van der Waals surface area contributed by atoms with Gasteiger partial charge in [0.25, 0.3) is 5.91 Å². The number of hydrogen-bond acceptors (Lipinski definition) is 8. The Balaban J connectivity index is 1.60. The molecule has 0 radical (unpaired) electrons. The summed E-state index contributed by atoms with van der Waals surface area (Å²) in [6.07, 6.45) is 2.27. The van der Waals surface area contributed by atoms with Gasteiger partial charge in [-0.2, -0.15) is 0 Å². The molecule has 3 rings (SSSR count). The van der Waals surface area contributed by atoms with Crippen LogP contribution >= 0.6 is 0 Å². The zero-order valence-corrected chi connectivity index (χ0v) is 26.5. The monoisotopic (exact) mass is 632 g/mol. The van der Waals surface area contributed by atoms with Crippen molar-refractivity contribution < 1.29 is 33.0 Å². The lowest BCUT2D eigenvalue weighted by atomic mass is 9.96. The summed E-state index contributed by atoms with van der Waals surface area (Å²) in [6, 6.07) is 5.93. The van der Waals surface area contributed by atoms with E-state index in [4.69, 9.17) is 10.5 Å². The zero-order valence-electron chi connectivity index (χ0n) is 26.5. The summed E-state index contributed by atoms with van der Waals surface area (Å²) in [4.78, 5) is 41.2. The predicted molar refractivity (Wildman–Crippen MR) is 169 cm³/mol. The zero-order chi connectivity index (χ0) is 33.1. The van der Waals surface area contributed by atoms with Gasteiger partial charge in [0.2, 0.25) is 5.91 Å². The number of likely N-dealkylation sites (tertiary alicyclic amines) is 1. The van der Waals surface area contributed by atoms with Crippen LogP contribution in [0.5, 0.6) is 5.75 Å². The van der Waals surface area contributed by atoms with E-state index in [0.717, 1.165) is 38.0 Å². The molecule has 1 saturated heterocycles. The van der Waals surface area contributed by atoms with Crippen molar-refractivity contribution in [2.45, 2.75) is 71.1 Å². The second kappa shape index (κ2) is 16.4. The van der Waals surface area contributed by atoms with E-state index in [1.54, 1.807) is 33.9 Å². The van der Waals surface area contributed by atoms with Crippen molar-refractivity contribution in [2.24, 2.45) is 11.7 Å². The molecule has 1 heterocycles. The average Bonchev–Trinajstić information content (AvgIpc) is 2.97. The first-order valence-electron chi connectivity index (χ1n) is 15.3. The van der Waals surface area contributed by atoms with Crippen molar-refractivity contribution in [3.8, 4) is 5.75 Å². The molecule has 1 aliphatic heterocycles. The summed E-state index contributed by atoms with van der Waals surface area (Å²) in [6.45, 7) is 8.18. The predicted octanol–water partition coefficient (Wildman–Crippen LogP) is 4.31. The number of unbranched alkanes of at least 4 members (excludes halogenated alkanes) is 1. The number of nitrogens with one attached hydrogen (secondary N) is 4. The fourth-order valence-electron chi connectivity index (χ4n) is 5.11. The van der Waals surface area contributed by atoms with E-state index in [1.807, 2.05) is 12.1 Å². The molecule has 45 heavy (non-hydrogen) atoms. The van der Waals surface area contributed by atoms with Crippen LogP contribution in [0.1, 0.15) is 68.8 Å². The van der Waals surface area contributed by atoms with Crippen molar-refractivity contribution in [1.82, 2.24) is 15.5 Å². The number of anilines is 2. The molecule has 2 aromatic rings. The van der Waals surface area contributed by atoms with Crippen molar-refractivity contribution in [3.63, 3.8) is 0 Å². The van der Waals surface area contributed by atoms with E-state index in [9.17, 15) is 28.3 Å². The summed E-state index contributed by atoms with van der Waals surface area (Å²) in [5, 5.41) is 20.8. The number of carbonyl (C=O) groups is 3. The first-order valence-corrected chi connectivity index (χ1v) is 15.3. The SMILES string of the molecule is CNc1cc(CN2CCC(CNC(=O)[C@H](CCCCN)NC(=O)c3cc(F)c(F)cc3NC(=O)OC(C)(C)C)CC2)ccc1O. The molecular formula is C32H46F2N6O5. The van der Waals surface area contributed by atoms with Crippen LogP contribution in [0, 0.1) is 17.6 Å². The molecule has 11 nitrogen and oxygen atoms in total. The molecule has 1 fully saturated rings. The van der Waals surface area contributed by atoms with Crippen LogP contribution in [0.25, 0.3) is 0 Å². The molecule has 0 aromatic heterocycles. The lowest BCUT2D eigenvalue weighted by Gasteiger charge is -2.32. The number of benzene rings is 2. The number of rotatable bonds is 13. The average molecular weight is 633 g/mol. The topological polar surface area (TPSA) is 158 Å². The van der Waals surface area contributed by atoms with Gasteiger partial charge in [0, 0.05) is 26.2 Å². The quantitative estimate of drug-likeness (QED) is 0.141. The van der Waals surface area contributed by atoms with Crippen LogP contribution in [0.15, 0.2) is 30.3 Å². The summed E-state index contributed by atoms with van der Waals surface area (Å²) in [5.74, 6) is -3.33. The van der Waals surface area contributed by atoms with Gasteiger partial charge in [-0.3, -0.25) is 19.8 Å². The Morgan fingerprint density at radius 1 is 1.07 bits per heavy atom. The van der Waals surface area contributed by atoms with Gasteiger partial charge in [-0.25, -0.2) is 13.6 Å². The normalized spacial score (nSPS) is 14.8. The van der Waals surface area contributed by atoms with Crippen molar-refractivity contribution in [3.05, 3.63) is 53.1 Å². The van der Waals surface area contributed by atoms with E-state index in [0.29, 0.717) is 43.8 Å². The molecule has 0 saturated carbocycles. The number of nitrogens with two attached hydrogens (primary N) is 1. The Labute approximate surface area is 263 Å². The smallest absolute Gasteiger partial charge is 0.412 e. The highest BCUT2D eigenvalue weighted by atomic mass is 19.2. The largest absolute Gasteiger partial charge is 0.506 e. The lowest BCUT2D eigenvalue weighted by Crippen LogP contribution is -2.48. The van der Waals surface area contributed by atoms with Crippen LogP contribution in [0.2, 0.25) is 0 Å². The van der Waals surface area contributed by atoms with Gasteiger partial charge in [-0.1, -0.05) is 6.07 Å². The van der Waals surface area contributed by atoms with Gasteiger partial charge >= 0.3 is 6.09 Å². The summed E-state index contributed by atoms with van der Waals surface area (Å²) < 4.78 is 33.4. The van der Waals surface area contributed by atoms with Gasteiger partial charge in [0.15, 0.2) is 11.6 Å². The Kier molecular flexibility index (Phi) is 12.9. The minimum absolute atomic E-state index is 0.205. The number of phenols is 1. The fraction of sp³-hybridized carbons (Fsp3) is 0.531. The first-order chi connectivity index (χ1) is 21.3. The number of carbonyl (C=O) groups excluding carboxylic acids is 3. The van der Waals surface area contributed by atoms with Crippen molar-refractivity contribution in [2.75, 3.05) is 43.9 Å². The number of aromatic hydroxyl groups is 1. The highest BCUT2D eigenvalue weighted by molar-refractivity contribution is 6.04. The number of nitrogens with zero attached hydrogens (tertiary/aromatic N) is 1. The number of hydrogen-bond donors (Lipinski definition) is 6. The van der Waals surface area contributed by atoms with Crippen LogP contribution in [-0.2, 0) is 16.1 Å². The molecular weight excluding hydrogens is 586 g/mol. The molecule has 0 aliphatic carbocycles. The molecule has 0 spiro atoms. The van der Waals surface area contributed by atoms with Crippen molar-refractivity contribution in [1.29, 1.82) is 0 Å². The van der Waals surface area contributed by atoms with Crippen molar-refractivity contribution >= 4 is 29.3 Å². The van der Waals surface area contributed by atoms with Crippen LogP contribution in [-0.4, -0.2) is 72.8 Å². The maximum absolute atomic E-state index is 14.2. The second-order valence-electron chi connectivity index (χ2n) is 12.3. The number of piperidine rings is 1. The fourth-order valence-corrected chi connectivity index (χ4v) is 5.11. The van der Waals surface area contributed by atoms with Gasteiger partial charge in [-0.05, 0) is 102 Å². The minimum atomic E-state index is -1.28. The Bertz CT molecular complexity index is 1330. The maximum atomic E-state index is 14.2. The van der Waals surface area contributed by atoms with E-state index >= 15 is 0 Å². The maximum Gasteiger partial charge on any atom is 0.412 e. The van der Waals surface area contributed by atoms with Crippen LogP contribution in [0.3, 0.4) is 0 Å². The summed E-state index contributed by atoms with van der Waals surface area (Å²) >= 11 is 0. The number of amides is 3. The molecule has 248 valence electrons. The number of phenolic OH excluding ortho intramolecular Hbond substituents is 1. The summed E-state index contributed by atoms with van der Waals surface area (Å²) in [7, 11) is 1.76. The van der Waals surface area contributed by atoms with Crippen LogP contribution < -0.4 is 27.0 Å². The van der Waals surface area contributed by atoms with Gasteiger partial charge in [0.05, 0.1) is 16.9 Å². The molecule has 0 unspecified atom stereocenters. The minimum Gasteiger partial charge on any atom is -0.506 e. The van der Waals surface area contributed by atoms with Gasteiger partial charge < -0.3 is 31.5 Å².